The zero-order valence-electron chi connectivity index (χ0n) is 30.5. The number of benzene rings is 3. The number of Topliss-reactive ketones (excluding diaryl/α,β-unsaturated/α-hetero) is 1. The van der Waals surface area contributed by atoms with Gasteiger partial charge in [0.25, 0.3) is 5.95 Å². The molecule has 2 aromatic heterocycles. The Bertz CT molecular complexity index is 2250. The molecule has 0 N–H and O–H groups in total. The second-order valence-electron chi connectivity index (χ2n) is 13.5. The van der Waals surface area contributed by atoms with Gasteiger partial charge in [-0.05, 0) is 72.9 Å². The molecule has 0 spiro atoms. The number of sulfone groups is 1. The molecule has 12 nitrogen and oxygen atoms in total. The van der Waals surface area contributed by atoms with Gasteiger partial charge in [0, 0.05) is 36.4 Å². The maximum absolute atomic E-state index is 13.7. The molecule has 5 rings (SSSR count). The Balaban J connectivity index is 1.41. The molecule has 0 aliphatic heterocycles. The number of ketones is 1. The number of esters is 1. The fourth-order valence-corrected chi connectivity index (χ4v) is 5.86. The van der Waals surface area contributed by atoms with Crippen molar-refractivity contribution in [3.63, 3.8) is 0 Å². The first-order valence-electron chi connectivity index (χ1n) is 16.8. The Labute approximate surface area is 307 Å². The number of ether oxygens (including phenoxy) is 3. The fourth-order valence-electron chi connectivity index (χ4n) is 5.22. The molecule has 53 heavy (non-hydrogen) atoms. The molecule has 0 aliphatic carbocycles. The number of hydrogen-bond donors (Lipinski definition) is 0. The molecule has 0 bridgehead atoms. The molecule has 0 saturated heterocycles. The van der Waals surface area contributed by atoms with Gasteiger partial charge < -0.3 is 14.2 Å². The third-order valence-corrected chi connectivity index (χ3v) is 10.5. The Morgan fingerprint density at radius 1 is 0.906 bits per heavy atom. The zero-order chi connectivity index (χ0) is 38.7. The first kappa shape index (κ1) is 38.6. The number of pyridine rings is 1. The van der Waals surface area contributed by atoms with Crippen molar-refractivity contribution >= 4 is 45.0 Å². The number of carbonyl (C=O) groups excluding carboxylic acids is 3. The average molecular weight is 745 g/mol. The first-order chi connectivity index (χ1) is 25.0. The van der Waals surface area contributed by atoms with Crippen molar-refractivity contribution in [1.82, 2.24) is 14.6 Å². The van der Waals surface area contributed by atoms with Crippen molar-refractivity contribution < 1.29 is 41.4 Å². The molecular formula is C39H41FN4O8S. The third kappa shape index (κ3) is 8.71. The van der Waals surface area contributed by atoms with Crippen LogP contribution in [0, 0.1) is 17.2 Å². The number of aromatic nitrogens is 3. The van der Waals surface area contributed by atoms with Crippen molar-refractivity contribution in [3.05, 3.63) is 102 Å². The lowest BCUT2D eigenvalue weighted by atomic mass is 9.81. The van der Waals surface area contributed by atoms with Crippen molar-refractivity contribution in [3.8, 4) is 16.9 Å². The van der Waals surface area contributed by atoms with E-state index in [1.807, 2.05) is 44.2 Å². The normalized spacial score (nSPS) is 12.4. The second-order valence-corrected chi connectivity index (χ2v) is 15.5. The summed E-state index contributed by atoms with van der Waals surface area (Å²) in [5, 5.41) is 4.54. The minimum Gasteiger partial charge on any atom is -0.495 e. The van der Waals surface area contributed by atoms with Crippen LogP contribution < -0.4 is 9.64 Å². The van der Waals surface area contributed by atoms with Crippen molar-refractivity contribution in [2.24, 2.45) is 11.3 Å². The van der Waals surface area contributed by atoms with Crippen LogP contribution in [0.25, 0.3) is 16.8 Å². The Hall–Kier alpha value is -5.63. The largest absolute Gasteiger partial charge is 0.495 e. The highest BCUT2D eigenvalue weighted by molar-refractivity contribution is 7.90. The van der Waals surface area contributed by atoms with E-state index in [-0.39, 0.29) is 52.1 Å². The quantitative estimate of drug-likeness (QED) is 0.0888. The van der Waals surface area contributed by atoms with Crippen LogP contribution in [0.2, 0.25) is 0 Å². The van der Waals surface area contributed by atoms with E-state index in [4.69, 9.17) is 14.2 Å². The molecule has 278 valence electrons. The van der Waals surface area contributed by atoms with E-state index in [9.17, 15) is 27.2 Å². The van der Waals surface area contributed by atoms with Crippen LogP contribution in [-0.2, 0) is 35.3 Å². The topological polar surface area (TPSA) is 146 Å². The maximum atomic E-state index is 13.7. The minimum absolute atomic E-state index is 0.00384. The van der Waals surface area contributed by atoms with Gasteiger partial charge in [-0.15, -0.1) is 5.10 Å². The number of fused-ring (bicyclic) bond motifs is 1. The summed E-state index contributed by atoms with van der Waals surface area (Å²) in [5.74, 6) is -1.45. The minimum atomic E-state index is -3.62. The van der Waals surface area contributed by atoms with Crippen molar-refractivity contribution in [2.75, 3.05) is 25.1 Å². The van der Waals surface area contributed by atoms with Crippen LogP contribution in [0.5, 0.6) is 5.75 Å². The summed E-state index contributed by atoms with van der Waals surface area (Å²) >= 11 is 0. The summed E-state index contributed by atoms with van der Waals surface area (Å²) < 4.78 is 55.5. The van der Waals surface area contributed by atoms with E-state index in [1.165, 1.54) is 42.0 Å². The van der Waals surface area contributed by atoms with Crippen molar-refractivity contribution in [2.45, 2.75) is 51.9 Å². The number of amides is 1. The summed E-state index contributed by atoms with van der Waals surface area (Å²) in [5.41, 5.74) is 2.77. The molecule has 0 fully saturated rings. The SMILES string of the molecule is COc1cc(S(C)(=O)=O)ccc1N(C(=O)OCOC(=O)C(C)(C)C(C)C)c1nc2ccc(-c3ccc(CC(=O)[C@H](C)c4ccc(F)cc4)cc3)cn2n1. The highest BCUT2D eigenvalue weighted by atomic mass is 32.2. The highest BCUT2D eigenvalue weighted by Gasteiger charge is 2.34. The maximum Gasteiger partial charge on any atom is 0.424 e. The molecule has 5 aromatic rings. The molecule has 0 saturated carbocycles. The summed E-state index contributed by atoms with van der Waals surface area (Å²) in [7, 11) is -2.30. The first-order valence-corrected chi connectivity index (χ1v) is 18.6. The van der Waals surface area contributed by atoms with Gasteiger partial charge in [0.15, 0.2) is 15.5 Å². The van der Waals surface area contributed by atoms with Gasteiger partial charge in [0.05, 0.1) is 23.1 Å². The summed E-state index contributed by atoms with van der Waals surface area (Å²) in [6, 6.07) is 20.9. The number of nitrogens with zero attached hydrogens (tertiary/aromatic N) is 4. The van der Waals surface area contributed by atoms with Crippen LogP contribution >= 0.6 is 0 Å². The van der Waals surface area contributed by atoms with Gasteiger partial charge in [-0.3, -0.25) is 9.59 Å². The molecule has 3 aromatic carbocycles. The van der Waals surface area contributed by atoms with Gasteiger partial charge in [-0.25, -0.2) is 27.0 Å². The van der Waals surface area contributed by atoms with Crippen LogP contribution in [0.15, 0.2) is 90.0 Å². The van der Waals surface area contributed by atoms with Crippen LogP contribution in [0.3, 0.4) is 0 Å². The molecule has 0 aliphatic rings. The number of methoxy groups -OCH3 is 1. The van der Waals surface area contributed by atoms with E-state index in [1.54, 1.807) is 45.2 Å². The lowest BCUT2D eigenvalue weighted by Gasteiger charge is -2.26. The zero-order valence-corrected chi connectivity index (χ0v) is 31.3. The third-order valence-electron chi connectivity index (χ3n) is 9.38. The van der Waals surface area contributed by atoms with Gasteiger partial charge in [0.2, 0.25) is 6.79 Å². The molecule has 0 unspecified atom stereocenters. The number of carbonyl (C=O) groups is 3. The summed E-state index contributed by atoms with van der Waals surface area (Å²) in [6.45, 7) is 8.31. The van der Waals surface area contributed by atoms with Gasteiger partial charge in [0.1, 0.15) is 17.3 Å². The Morgan fingerprint density at radius 3 is 2.19 bits per heavy atom. The molecule has 0 radical (unpaired) electrons. The number of rotatable bonds is 13. The van der Waals surface area contributed by atoms with E-state index < -0.39 is 34.1 Å². The predicted molar refractivity (Wildman–Crippen MR) is 196 cm³/mol. The summed E-state index contributed by atoms with van der Waals surface area (Å²) in [4.78, 5) is 44.8. The van der Waals surface area contributed by atoms with Crippen LogP contribution in [0.4, 0.5) is 20.8 Å². The number of anilines is 2. The van der Waals surface area contributed by atoms with Crippen LogP contribution in [-0.4, -0.2) is 61.0 Å². The summed E-state index contributed by atoms with van der Waals surface area (Å²) in [6.07, 6.45) is 1.96. The van der Waals surface area contributed by atoms with E-state index in [0.717, 1.165) is 33.4 Å². The lowest BCUT2D eigenvalue weighted by molar-refractivity contribution is -0.164. The second kappa shape index (κ2) is 15.5. The van der Waals surface area contributed by atoms with E-state index in [0.29, 0.717) is 5.65 Å². The van der Waals surface area contributed by atoms with Crippen LogP contribution in [0.1, 0.15) is 51.7 Å². The standard InChI is InChI=1S/C39H41FN4O8S/c1-24(2)39(4,5)36(46)51-23-52-38(47)44(32-18-17-31(53(7,48)49)21-34(32)50-6)37-41-35-19-14-29(22-43(35)42-37)28-10-8-26(9-11-28)20-33(45)25(3)27-12-15-30(40)16-13-27/h8-19,21-22,24-25H,20,23H2,1-7H3/t25-/m1/s1. The van der Waals surface area contributed by atoms with Crippen molar-refractivity contribution in [1.29, 1.82) is 0 Å². The van der Waals surface area contributed by atoms with Gasteiger partial charge in [-0.2, -0.15) is 4.98 Å². The predicted octanol–water partition coefficient (Wildman–Crippen LogP) is 7.32. The fraction of sp³-hybridized carbons (Fsp3) is 0.308. The van der Waals surface area contributed by atoms with E-state index in [2.05, 4.69) is 10.1 Å². The molecule has 14 heteroatoms. The Morgan fingerprint density at radius 2 is 1.57 bits per heavy atom. The number of halogens is 1. The average Bonchev–Trinajstić information content (AvgIpc) is 3.54. The molecule has 1 amide bonds. The lowest BCUT2D eigenvalue weighted by Crippen LogP contribution is -2.34. The Kier molecular flexibility index (Phi) is 11.3. The van der Waals surface area contributed by atoms with Gasteiger partial charge >= 0.3 is 12.1 Å². The molecule has 1 atom stereocenters. The van der Waals surface area contributed by atoms with Gasteiger partial charge in [-0.1, -0.05) is 57.2 Å². The van der Waals surface area contributed by atoms with E-state index >= 15 is 0 Å². The highest BCUT2D eigenvalue weighted by Crippen LogP contribution is 2.36. The smallest absolute Gasteiger partial charge is 0.424 e. The monoisotopic (exact) mass is 744 g/mol. The molecular weight excluding hydrogens is 704 g/mol. The molecule has 2 heterocycles. The number of hydrogen-bond acceptors (Lipinski definition) is 10.